The number of nitrogens with zero attached hydrogens (tertiary/aromatic N) is 2. The third-order valence-corrected chi connectivity index (χ3v) is 5.22. The maximum atomic E-state index is 5.86. The van der Waals surface area contributed by atoms with Crippen LogP contribution in [0.2, 0.25) is 0 Å². The van der Waals surface area contributed by atoms with Crippen LogP contribution in [-0.2, 0) is 12.8 Å². The highest BCUT2D eigenvalue weighted by atomic mass is 16.5. The monoisotopic (exact) mass is 366 g/mol. The van der Waals surface area contributed by atoms with E-state index in [0.717, 1.165) is 31.7 Å². The van der Waals surface area contributed by atoms with E-state index in [4.69, 9.17) is 4.74 Å². The Labute approximate surface area is 164 Å². The van der Waals surface area contributed by atoms with Gasteiger partial charge in [-0.2, -0.15) is 0 Å². The third-order valence-electron chi connectivity index (χ3n) is 5.22. The Bertz CT molecular complexity index is 663. The number of ether oxygens (including phenoxy) is 1. The zero-order valence-electron chi connectivity index (χ0n) is 16.9. The number of hydrogen-bond donors (Lipinski definition) is 0. The third kappa shape index (κ3) is 7.00. The minimum Gasteiger partial charge on any atom is -0.493 e. The molecule has 0 atom stereocenters. The van der Waals surface area contributed by atoms with Gasteiger partial charge in [0, 0.05) is 39.3 Å². The molecular formula is C24H34N2O. The predicted octanol–water partition coefficient (Wildman–Crippen LogP) is 4.12. The molecule has 27 heavy (non-hydrogen) atoms. The Hall–Kier alpha value is -1.84. The number of hydrogen-bond acceptors (Lipinski definition) is 3. The van der Waals surface area contributed by atoms with Crippen molar-refractivity contribution in [3.05, 3.63) is 65.7 Å². The second-order valence-corrected chi connectivity index (χ2v) is 8.02. The van der Waals surface area contributed by atoms with Crippen LogP contribution in [0.3, 0.4) is 0 Å². The Morgan fingerprint density at radius 1 is 0.778 bits per heavy atom. The molecule has 3 rings (SSSR count). The quantitative estimate of drug-likeness (QED) is 0.664. The predicted molar refractivity (Wildman–Crippen MR) is 114 cm³/mol. The van der Waals surface area contributed by atoms with Crippen LogP contribution in [0.5, 0.6) is 5.75 Å². The molecule has 3 heteroatoms. The second-order valence-electron chi connectivity index (χ2n) is 8.02. The summed E-state index contributed by atoms with van der Waals surface area (Å²) in [5.41, 5.74) is 2.82. The summed E-state index contributed by atoms with van der Waals surface area (Å²) in [6, 6.07) is 19.4. The van der Waals surface area contributed by atoms with Gasteiger partial charge >= 0.3 is 0 Å². The van der Waals surface area contributed by atoms with Crippen LogP contribution in [0, 0.1) is 5.92 Å². The van der Waals surface area contributed by atoms with E-state index in [1.54, 1.807) is 0 Å². The molecule has 1 aliphatic rings. The zero-order chi connectivity index (χ0) is 18.9. The van der Waals surface area contributed by atoms with Gasteiger partial charge in [0.25, 0.3) is 0 Å². The van der Waals surface area contributed by atoms with Crippen LogP contribution in [-0.4, -0.2) is 55.7 Å². The average molecular weight is 367 g/mol. The summed E-state index contributed by atoms with van der Waals surface area (Å²) in [5.74, 6) is 1.57. The van der Waals surface area contributed by atoms with Crippen LogP contribution >= 0.6 is 0 Å². The van der Waals surface area contributed by atoms with Crippen LogP contribution < -0.4 is 4.74 Å². The van der Waals surface area contributed by atoms with Gasteiger partial charge in [0.05, 0.1) is 6.61 Å². The molecule has 1 fully saturated rings. The Morgan fingerprint density at radius 2 is 1.37 bits per heavy atom. The van der Waals surface area contributed by atoms with Gasteiger partial charge in [0.1, 0.15) is 5.75 Å². The molecule has 0 aliphatic carbocycles. The van der Waals surface area contributed by atoms with Gasteiger partial charge in [0.15, 0.2) is 0 Å². The van der Waals surface area contributed by atoms with Gasteiger partial charge in [-0.1, -0.05) is 56.3 Å². The lowest BCUT2D eigenvalue weighted by Crippen LogP contribution is -2.47. The first-order valence-corrected chi connectivity index (χ1v) is 10.4. The minimum absolute atomic E-state index is 0.562. The van der Waals surface area contributed by atoms with Gasteiger partial charge in [-0.15, -0.1) is 0 Å². The first-order chi connectivity index (χ1) is 13.2. The summed E-state index contributed by atoms with van der Waals surface area (Å²) in [6.45, 7) is 12.2. The van der Waals surface area contributed by atoms with Crippen molar-refractivity contribution in [1.82, 2.24) is 9.80 Å². The SMILES string of the molecule is CC(C)COc1cccc(CCN2CCN(CCc3ccccc3)CC2)c1. The molecule has 0 bridgehead atoms. The molecule has 1 heterocycles. The molecule has 3 nitrogen and oxygen atoms in total. The lowest BCUT2D eigenvalue weighted by atomic mass is 10.1. The number of rotatable bonds is 9. The van der Waals surface area contributed by atoms with E-state index in [0.29, 0.717) is 5.92 Å². The van der Waals surface area contributed by atoms with E-state index < -0.39 is 0 Å². The number of piperazine rings is 1. The van der Waals surface area contributed by atoms with Crippen molar-refractivity contribution in [3.63, 3.8) is 0 Å². The highest BCUT2D eigenvalue weighted by Gasteiger charge is 2.16. The van der Waals surface area contributed by atoms with Gasteiger partial charge < -0.3 is 14.5 Å². The minimum atomic E-state index is 0.562. The first kappa shape index (κ1) is 19.9. The molecule has 0 spiro atoms. The van der Waals surface area contributed by atoms with Crippen LogP contribution in [0.4, 0.5) is 0 Å². The molecule has 2 aromatic carbocycles. The lowest BCUT2D eigenvalue weighted by Gasteiger charge is -2.34. The molecule has 1 saturated heterocycles. The zero-order valence-corrected chi connectivity index (χ0v) is 16.9. The van der Waals surface area contributed by atoms with E-state index in [1.807, 2.05) is 0 Å². The van der Waals surface area contributed by atoms with Crippen molar-refractivity contribution in [3.8, 4) is 5.75 Å². The molecule has 0 radical (unpaired) electrons. The van der Waals surface area contributed by atoms with Gasteiger partial charge in [-0.3, -0.25) is 0 Å². The van der Waals surface area contributed by atoms with Gasteiger partial charge in [0.2, 0.25) is 0 Å². The van der Waals surface area contributed by atoms with Gasteiger partial charge in [-0.25, -0.2) is 0 Å². The van der Waals surface area contributed by atoms with Crippen LogP contribution in [0.25, 0.3) is 0 Å². The summed E-state index contributed by atoms with van der Waals surface area (Å²) in [7, 11) is 0. The van der Waals surface area contributed by atoms with Crippen molar-refractivity contribution in [2.45, 2.75) is 26.7 Å². The summed E-state index contributed by atoms with van der Waals surface area (Å²) in [4.78, 5) is 5.20. The highest BCUT2D eigenvalue weighted by molar-refractivity contribution is 5.28. The fourth-order valence-corrected chi connectivity index (χ4v) is 3.51. The fraction of sp³-hybridized carbons (Fsp3) is 0.500. The van der Waals surface area contributed by atoms with Crippen molar-refractivity contribution in [2.24, 2.45) is 5.92 Å². The summed E-state index contributed by atoms with van der Waals surface area (Å²) in [6.07, 6.45) is 2.26. The normalized spacial score (nSPS) is 16.0. The van der Waals surface area contributed by atoms with Gasteiger partial charge in [-0.05, 0) is 42.0 Å². The van der Waals surface area contributed by atoms with E-state index in [1.165, 1.54) is 43.9 Å². The average Bonchev–Trinajstić information content (AvgIpc) is 2.71. The Kier molecular flexibility index (Phi) is 7.73. The maximum Gasteiger partial charge on any atom is 0.119 e. The Balaban J connectivity index is 1.36. The first-order valence-electron chi connectivity index (χ1n) is 10.4. The molecular weight excluding hydrogens is 332 g/mol. The summed E-state index contributed by atoms with van der Waals surface area (Å²) in [5, 5.41) is 0. The van der Waals surface area contributed by atoms with Crippen molar-refractivity contribution in [1.29, 1.82) is 0 Å². The standard InChI is InChI=1S/C24H34N2O/c1-21(2)20-27-24-10-6-9-23(19-24)12-14-26-17-15-25(16-18-26)13-11-22-7-4-3-5-8-22/h3-10,19,21H,11-18,20H2,1-2H3. The topological polar surface area (TPSA) is 15.7 Å². The molecule has 2 aromatic rings. The smallest absolute Gasteiger partial charge is 0.119 e. The van der Waals surface area contributed by atoms with Crippen molar-refractivity contribution >= 4 is 0 Å². The van der Waals surface area contributed by atoms with Crippen LogP contribution in [0.1, 0.15) is 25.0 Å². The molecule has 0 unspecified atom stereocenters. The molecule has 1 aliphatic heterocycles. The Morgan fingerprint density at radius 3 is 2.00 bits per heavy atom. The molecule has 146 valence electrons. The maximum absolute atomic E-state index is 5.86. The van der Waals surface area contributed by atoms with Crippen molar-refractivity contribution < 1.29 is 4.74 Å². The van der Waals surface area contributed by atoms with E-state index in [-0.39, 0.29) is 0 Å². The number of benzene rings is 2. The van der Waals surface area contributed by atoms with Crippen molar-refractivity contribution in [2.75, 3.05) is 45.9 Å². The molecule has 0 N–H and O–H groups in total. The van der Waals surface area contributed by atoms with Crippen LogP contribution in [0.15, 0.2) is 54.6 Å². The summed E-state index contributed by atoms with van der Waals surface area (Å²) >= 11 is 0. The lowest BCUT2D eigenvalue weighted by molar-refractivity contribution is 0.134. The van der Waals surface area contributed by atoms with E-state index in [2.05, 4.69) is 78.2 Å². The molecule has 0 saturated carbocycles. The highest BCUT2D eigenvalue weighted by Crippen LogP contribution is 2.15. The largest absolute Gasteiger partial charge is 0.493 e. The molecule has 0 amide bonds. The summed E-state index contributed by atoms with van der Waals surface area (Å²) < 4.78 is 5.86. The molecule has 0 aromatic heterocycles. The second kappa shape index (κ2) is 10.5. The fourth-order valence-electron chi connectivity index (χ4n) is 3.51. The van der Waals surface area contributed by atoms with E-state index >= 15 is 0 Å². The van der Waals surface area contributed by atoms with E-state index in [9.17, 15) is 0 Å².